The van der Waals surface area contributed by atoms with E-state index in [1.807, 2.05) is 25.7 Å². The van der Waals surface area contributed by atoms with Crippen LogP contribution in [-0.2, 0) is 4.74 Å². The van der Waals surface area contributed by atoms with Crippen LogP contribution in [-0.4, -0.2) is 42.3 Å². The van der Waals surface area contributed by atoms with E-state index < -0.39 is 5.60 Å². The van der Waals surface area contributed by atoms with Crippen LogP contribution in [0.4, 0.5) is 4.79 Å². The van der Waals surface area contributed by atoms with E-state index in [1.54, 1.807) is 0 Å². The molecule has 0 aromatic carbocycles. The highest BCUT2D eigenvalue weighted by Crippen LogP contribution is 2.42. The molecular weight excluding hydrogens is 276 g/mol. The van der Waals surface area contributed by atoms with Crippen molar-refractivity contribution in [2.75, 3.05) is 19.6 Å². The number of carbonyl (C=O) groups is 1. The van der Waals surface area contributed by atoms with E-state index in [1.165, 1.54) is 12.8 Å². The van der Waals surface area contributed by atoms with Crippen molar-refractivity contribution in [2.45, 2.75) is 58.1 Å². The van der Waals surface area contributed by atoms with Crippen molar-refractivity contribution in [3.63, 3.8) is 0 Å². The summed E-state index contributed by atoms with van der Waals surface area (Å²) in [5.74, 6) is 2.41. The molecule has 1 saturated heterocycles. The van der Waals surface area contributed by atoms with Gasteiger partial charge < -0.3 is 15.0 Å². The molecule has 1 amide bonds. The van der Waals surface area contributed by atoms with E-state index in [0.29, 0.717) is 12.0 Å². The number of carbonyl (C=O) groups excluding carboxylic acids is 1. The Balaban J connectivity index is 1.35. The maximum absolute atomic E-state index is 12.0. The fourth-order valence-electron chi connectivity index (χ4n) is 3.91. The molecule has 3 aliphatic rings. The van der Waals surface area contributed by atoms with Gasteiger partial charge in [-0.2, -0.15) is 0 Å². The molecule has 2 fully saturated rings. The number of hydrogen-bond donors (Lipinski definition) is 1. The van der Waals surface area contributed by atoms with Gasteiger partial charge in [0.2, 0.25) is 0 Å². The summed E-state index contributed by atoms with van der Waals surface area (Å²) in [6.45, 7) is 8.53. The highest BCUT2D eigenvalue weighted by molar-refractivity contribution is 5.68. The number of nitrogens with one attached hydrogen (secondary N) is 1. The van der Waals surface area contributed by atoms with Crippen molar-refractivity contribution >= 4 is 6.09 Å². The predicted octanol–water partition coefficient (Wildman–Crippen LogP) is 3.19. The van der Waals surface area contributed by atoms with Gasteiger partial charge in [-0.3, -0.25) is 0 Å². The molecule has 2 aliphatic carbocycles. The van der Waals surface area contributed by atoms with Crippen LogP contribution in [0.15, 0.2) is 12.2 Å². The van der Waals surface area contributed by atoms with E-state index in [4.69, 9.17) is 4.74 Å². The lowest BCUT2D eigenvalue weighted by Gasteiger charge is -2.42. The lowest BCUT2D eigenvalue weighted by Crippen LogP contribution is -2.50. The highest BCUT2D eigenvalue weighted by Gasteiger charge is 2.40. The Bertz CT molecular complexity index is 433. The third-order valence-corrected chi connectivity index (χ3v) is 5.30. The molecule has 0 aromatic heterocycles. The van der Waals surface area contributed by atoms with Crippen molar-refractivity contribution < 1.29 is 9.53 Å². The van der Waals surface area contributed by atoms with Crippen LogP contribution >= 0.6 is 0 Å². The summed E-state index contributed by atoms with van der Waals surface area (Å²) in [6, 6.07) is 0.702. The van der Waals surface area contributed by atoms with Crippen LogP contribution in [0.25, 0.3) is 0 Å². The number of piperidine rings is 1. The Hall–Kier alpha value is -1.03. The molecule has 0 radical (unpaired) electrons. The van der Waals surface area contributed by atoms with E-state index >= 15 is 0 Å². The van der Waals surface area contributed by atoms with Gasteiger partial charge in [-0.05, 0) is 70.8 Å². The van der Waals surface area contributed by atoms with Crippen molar-refractivity contribution in [1.82, 2.24) is 10.2 Å². The fourth-order valence-corrected chi connectivity index (χ4v) is 3.91. The zero-order valence-electron chi connectivity index (χ0n) is 14.2. The molecule has 1 heterocycles. The van der Waals surface area contributed by atoms with Crippen LogP contribution in [0.2, 0.25) is 0 Å². The van der Waals surface area contributed by atoms with Crippen molar-refractivity contribution in [3.8, 4) is 0 Å². The molecular formula is C18H30N2O2. The van der Waals surface area contributed by atoms with Gasteiger partial charge in [0.05, 0.1) is 0 Å². The van der Waals surface area contributed by atoms with Crippen LogP contribution in [0, 0.1) is 17.8 Å². The van der Waals surface area contributed by atoms with Crippen molar-refractivity contribution in [3.05, 3.63) is 12.2 Å². The molecule has 0 bridgehead atoms. The molecule has 1 saturated carbocycles. The molecule has 1 aliphatic heterocycles. The normalized spacial score (nSPS) is 31.8. The standard InChI is InChI=1S/C18H30N2O2/c1-18(2,3)22-17(21)20-9-7-13(8-10-20)12-19-16-11-14-5-4-6-15(14)16/h4,6,13-16,19H,5,7-12H2,1-3H3. The summed E-state index contributed by atoms with van der Waals surface area (Å²) in [5.41, 5.74) is -0.398. The van der Waals surface area contributed by atoms with Gasteiger partial charge in [0.1, 0.15) is 5.60 Å². The van der Waals surface area contributed by atoms with Gasteiger partial charge in [-0.15, -0.1) is 0 Å². The minimum absolute atomic E-state index is 0.156. The fraction of sp³-hybridized carbons (Fsp3) is 0.833. The number of nitrogens with zero attached hydrogens (tertiary/aromatic N) is 1. The maximum Gasteiger partial charge on any atom is 0.410 e. The first kappa shape index (κ1) is 15.9. The molecule has 4 heteroatoms. The van der Waals surface area contributed by atoms with Gasteiger partial charge in [-0.1, -0.05) is 12.2 Å². The van der Waals surface area contributed by atoms with Gasteiger partial charge in [0.25, 0.3) is 0 Å². The molecule has 0 aromatic rings. The summed E-state index contributed by atoms with van der Waals surface area (Å²) in [4.78, 5) is 13.9. The first-order valence-electron chi connectivity index (χ1n) is 8.80. The van der Waals surface area contributed by atoms with Crippen molar-refractivity contribution in [2.24, 2.45) is 17.8 Å². The Morgan fingerprint density at radius 1 is 1.32 bits per heavy atom. The zero-order valence-corrected chi connectivity index (χ0v) is 14.2. The third-order valence-electron chi connectivity index (χ3n) is 5.30. The Labute approximate surface area is 134 Å². The van der Waals surface area contributed by atoms with Crippen molar-refractivity contribution in [1.29, 1.82) is 0 Å². The minimum atomic E-state index is -0.398. The smallest absolute Gasteiger partial charge is 0.410 e. The number of amides is 1. The number of likely N-dealkylation sites (tertiary alicyclic amines) is 1. The number of allylic oxidation sites excluding steroid dienone is 1. The lowest BCUT2D eigenvalue weighted by atomic mass is 9.71. The second kappa shape index (κ2) is 6.23. The molecule has 3 rings (SSSR count). The Morgan fingerprint density at radius 3 is 2.68 bits per heavy atom. The topological polar surface area (TPSA) is 41.6 Å². The molecule has 124 valence electrons. The average Bonchev–Trinajstić information content (AvgIpc) is 2.79. The zero-order chi connectivity index (χ0) is 15.7. The summed E-state index contributed by atoms with van der Waals surface area (Å²) in [5, 5.41) is 3.76. The minimum Gasteiger partial charge on any atom is -0.444 e. The summed E-state index contributed by atoms with van der Waals surface area (Å²) in [7, 11) is 0. The van der Waals surface area contributed by atoms with Crippen LogP contribution < -0.4 is 5.32 Å². The predicted molar refractivity (Wildman–Crippen MR) is 87.7 cm³/mol. The maximum atomic E-state index is 12.0. The number of ether oxygens (including phenoxy) is 1. The Kier molecular flexibility index (Phi) is 4.49. The third kappa shape index (κ3) is 3.65. The van der Waals surface area contributed by atoms with Gasteiger partial charge in [0.15, 0.2) is 0 Å². The monoisotopic (exact) mass is 306 g/mol. The van der Waals surface area contributed by atoms with E-state index in [9.17, 15) is 4.79 Å². The number of fused-ring (bicyclic) bond motifs is 1. The van der Waals surface area contributed by atoms with Gasteiger partial charge in [-0.25, -0.2) is 4.79 Å². The molecule has 4 nitrogen and oxygen atoms in total. The van der Waals surface area contributed by atoms with Crippen LogP contribution in [0.1, 0.15) is 46.5 Å². The second-order valence-electron chi connectivity index (χ2n) is 8.16. The molecule has 1 N–H and O–H groups in total. The summed E-state index contributed by atoms with van der Waals surface area (Å²) in [6.07, 6.45) is 9.39. The Morgan fingerprint density at radius 2 is 2.05 bits per heavy atom. The molecule has 3 unspecified atom stereocenters. The molecule has 22 heavy (non-hydrogen) atoms. The first-order chi connectivity index (χ1) is 10.4. The van der Waals surface area contributed by atoms with Crippen LogP contribution in [0.5, 0.6) is 0 Å². The van der Waals surface area contributed by atoms with Gasteiger partial charge in [0, 0.05) is 19.1 Å². The quantitative estimate of drug-likeness (QED) is 0.814. The summed E-state index contributed by atoms with van der Waals surface area (Å²) < 4.78 is 5.45. The SMILES string of the molecule is CC(C)(C)OC(=O)N1CCC(CNC2CC3CC=CC32)CC1. The molecule has 0 spiro atoms. The highest BCUT2D eigenvalue weighted by atomic mass is 16.6. The largest absolute Gasteiger partial charge is 0.444 e. The summed E-state index contributed by atoms with van der Waals surface area (Å²) >= 11 is 0. The number of hydrogen-bond acceptors (Lipinski definition) is 3. The lowest BCUT2D eigenvalue weighted by molar-refractivity contribution is 0.0180. The van der Waals surface area contributed by atoms with Gasteiger partial charge >= 0.3 is 6.09 Å². The molecule has 3 atom stereocenters. The average molecular weight is 306 g/mol. The number of rotatable bonds is 3. The second-order valence-corrected chi connectivity index (χ2v) is 8.16. The van der Waals surface area contributed by atoms with E-state index in [-0.39, 0.29) is 6.09 Å². The van der Waals surface area contributed by atoms with Crippen LogP contribution in [0.3, 0.4) is 0 Å². The first-order valence-corrected chi connectivity index (χ1v) is 8.80. The van der Waals surface area contributed by atoms with E-state index in [0.717, 1.165) is 44.3 Å². The van der Waals surface area contributed by atoms with E-state index in [2.05, 4.69) is 17.5 Å².